The van der Waals surface area contributed by atoms with Gasteiger partial charge in [0.05, 0.1) is 23.1 Å². The van der Waals surface area contributed by atoms with Gasteiger partial charge in [0.1, 0.15) is 6.73 Å². The third kappa shape index (κ3) is 9.05. The summed E-state index contributed by atoms with van der Waals surface area (Å²) in [5.74, 6) is 0.867. The second-order valence-electron chi connectivity index (χ2n) is 13.0. The number of likely N-dealkylation sites (tertiary alicyclic amines) is 1. The van der Waals surface area contributed by atoms with Crippen LogP contribution in [0.2, 0.25) is 0 Å². The summed E-state index contributed by atoms with van der Waals surface area (Å²) in [4.78, 5) is 27.1. The molecule has 5 atom stereocenters. The molecule has 1 aliphatic heterocycles. The van der Waals surface area contributed by atoms with Gasteiger partial charge in [-0.3, -0.25) is 19.8 Å². The van der Waals surface area contributed by atoms with Crippen LogP contribution in [0.3, 0.4) is 0 Å². The summed E-state index contributed by atoms with van der Waals surface area (Å²) in [6.07, 6.45) is 3.85. The van der Waals surface area contributed by atoms with Crippen LogP contribution in [0.4, 0.5) is 5.69 Å². The lowest BCUT2D eigenvalue weighted by molar-refractivity contribution is -0.387. The van der Waals surface area contributed by atoms with Crippen LogP contribution in [-0.4, -0.2) is 90.0 Å². The van der Waals surface area contributed by atoms with Gasteiger partial charge in [-0.2, -0.15) is 4.31 Å². The summed E-state index contributed by atoms with van der Waals surface area (Å²) in [5.41, 5.74) is -0.992. The van der Waals surface area contributed by atoms with Crippen molar-refractivity contribution in [1.82, 2.24) is 14.5 Å². The largest absolute Gasteiger partial charge is 0.390 e. The van der Waals surface area contributed by atoms with Crippen molar-refractivity contribution in [3.05, 3.63) is 64.7 Å². The molecule has 0 bridgehead atoms. The quantitative estimate of drug-likeness (QED) is 0.137. The van der Waals surface area contributed by atoms with E-state index in [0.717, 1.165) is 41.0 Å². The van der Waals surface area contributed by atoms with E-state index >= 15 is 0 Å². The number of carbonyl (C=O) groups is 1. The number of β-amino-alcohol motifs (C(OH)–C–C–N with tert-alkyl or cyclic N) is 1. The standard InChI is InChI=1S/C32H46N4O7S2/c1-32(2,3)33-31(38)27-18-23-12-8-9-13-24(23)19-34(27)20-29(37)28(21-44-25-14-6-5-7-15-25)35(22-43-4)45(41,42)30-17-11-10-16-26(30)36(39)40/h5-7,10-11,14-17,23-24,27-29,37H,8-9,12-13,18-22H2,1-4H3,(H,33,38)/t23-,24+,27-,28-,29+/m0/s1. The van der Waals surface area contributed by atoms with Gasteiger partial charge in [0, 0.05) is 42.5 Å². The summed E-state index contributed by atoms with van der Waals surface area (Å²) in [6, 6.07) is 13.1. The van der Waals surface area contributed by atoms with Crippen LogP contribution in [0.5, 0.6) is 0 Å². The lowest BCUT2D eigenvalue weighted by Gasteiger charge is -2.47. The Morgan fingerprint density at radius 3 is 2.42 bits per heavy atom. The summed E-state index contributed by atoms with van der Waals surface area (Å²) in [7, 11) is -3.16. The molecule has 1 saturated carbocycles. The van der Waals surface area contributed by atoms with Crippen LogP contribution >= 0.6 is 11.8 Å². The number of sulfonamides is 1. The monoisotopic (exact) mass is 662 g/mol. The van der Waals surface area contributed by atoms with E-state index in [4.69, 9.17) is 4.74 Å². The third-order valence-electron chi connectivity index (χ3n) is 8.61. The fraction of sp³-hybridized carbons (Fsp3) is 0.594. The highest BCUT2D eigenvalue weighted by Crippen LogP contribution is 2.39. The first-order valence-corrected chi connectivity index (χ1v) is 17.9. The number of aliphatic hydroxyl groups excluding tert-OH is 1. The molecular formula is C32H46N4O7S2. The summed E-state index contributed by atoms with van der Waals surface area (Å²) >= 11 is 1.37. The molecule has 1 aliphatic carbocycles. The molecule has 45 heavy (non-hydrogen) atoms. The number of nitrogens with one attached hydrogen (secondary N) is 1. The number of nitro benzene ring substituents is 1. The van der Waals surface area contributed by atoms with Gasteiger partial charge in [-0.05, 0) is 63.6 Å². The van der Waals surface area contributed by atoms with Crippen molar-refractivity contribution in [3.8, 4) is 0 Å². The van der Waals surface area contributed by atoms with Gasteiger partial charge in [-0.15, -0.1) is 11.8 Å². The molecule has 1 heterocycles. The molecule has 2 aliphatic rings. The summed E-state index contributed by atoms with van der Waals surface area (Å²) in [5, 5.41) is 26.9. The molecule has 0 radical (unpaired) electrons. The Bertz CT molecular complexity index is 1400. The number of benzene rings is 2. The van der Waals surface area contributed by atoms with Gasteiger partial charge in [0.2, 0.25) is 5.91 Å². The van der Waals surface area contributed by atoms with Gasteiger partial charge < -0.3 is 15.2 Å². The van der Waals surface area contributed by atoms with Crippen LogP contribution < -0.4 is 5.32 Å². The van der Waals surface area contributed by atoms with Gasteiger partial charge in [0.25, 0.3) is 15.7 Å². The minimum absolute atomic E-state index is 0.0537. The highest BCUT2D eigenvalue weighted by Gasteiger charge is 2.44. The minimum atomic E-state index is -4.51. The molecule has 2 fully saturated rings. The van der Waals surface area contributed by atoms with Crippen LogP contribution in [0.15, 0.2) is 64.4 Å². The predicted octanol–water partition coefficient (Wildman–Crippen LogP) is 4.51. The first-order valence-electron chi connectivity index (χ1n) is 15.5. The highest BCUT2D eigenvalue weighted by atomic mass is 32.2. The van der Waals surface area contributed by atoms with E-state index in [2.05, 4.69) is 5.32 Å². The number of fused-ring (bicyclic) bond motifs is 1. The molecule has 2 aromatic carbocycles. The average molecular weight is 663 g/mol. The maximum Gasteiger partial charge on any atom is 0.289 e. The van der Waals surface area contributed by atoms with Crippen molar-refractivity contribution in [3.63, 3.8) is 0 Å². The molecule has 2 N–H and O–H groups in total. The highest BCUT2D eigenvalue weighted by molar-refractivity contribution is 7.99. The molecule has 4 rings (SSSR count). The molecule has 11 nitrogen and oxygen atoms in total. The molecular weight excluding hydrogens is 617 g/mol. The van der Waals surface area contributed by atoms with Crippen LogP contribution in [0, 0.1) is 22.0 Å². The number of hydrogen-bond acceptors (Lipinski definition) is 9. The smallest absolute Gasteiger partial charge is 0.289 e. The number of carbonyl (C=O) groups excluding carboxylic acids is 1. The van der Waals surface area contributed by atoms with Crippen LogP contribution in [0.1, 0.15) is 52.9 Å². The van der Waals surface area contributed by atoms with Crippen LogP contribution in [-0.2, 0) is 19.6 Å². The van der Waals surface area contributed by atoms with Crippen molar-refractivity contribution in [2.24, 2.45) is 11.8 Å². The number of nitrogens with zero attached hydrogens (tertiary/aromatic N) is 3. The Labute approximate surface area is 270 Å². The number of para-hydroxylation sites is 1. The first kappa shape index (κ1) is 35.3. The first-order chi connectivity index (χ1) is 21.3. The zero-order chi connectivity index (χ0) is 32.8. The molecule has 0 unspecified atom stereocenters. The van der Waals surface area contributed by atoms with E-state index in [1.807, 2.05) is 56.0 Å². The minimum Gasteiger partial charge on any atom is -0.390 e. The van der Waals surface area contributed by atoms with E-state index in [9.17, 15) is 28.4 Å². The number of rotatable bonds is 13. The van der Waals surface area contributed by atoms with Crippen molar-refractivity contribution in [2.45, 2.75) is 86.4 Å². The van der Waals surface area contributed by atoms with Gasteiger partial charge >= 0.3 is 0 Å². The molecule has 0 aromatic heterocycles. The SMILES string of the molecule is COCN([C@@H](CSc1ccccc1)[C@H](O)CN1C[C@H]2CCCC[C@H]2C[C@H]1C(=O)NC(C)(C)C)S(=O)(=O)c1ccccc1[N+](=O)[O-]. The zero-order valence-corrected chi connectivity index (χ0v) is 28.1. The van der Waals surface area contributed by atoms with Crippen LogP contribution in [0.25, 0.3) is 0 Å². The van der Waals surface area contributed by atoms with E-state index in [-0.39, 0.29) is 18.2 Å². The number of amides is 1. The Hall–Kier alpha value is -2.55. The molecule has 2 aromatic rings. The number of nitro groups is 1. The number of methoxy groups -OCH3 is 1. The van der Waals surface area contributed by atoms with Crippen molar-refractivity contribution in [2.75, 3.05) is 32.7 Å². The molecule has 1 saturated heterocycles. The normalized spacial score (nSPS) is 22.4. The average Bonchev–Trinajstić information content (AvgIpc) is 2.99. The molecule has 0 spiro atoms. The molecule has 1 amide bonds. The third-order valence-corrected chi connectivity index (χ3v) is 11.6. The summed E-state index contributed by atoms with van der Waals surface area (Å²) in [6.45, 7) is 6.06. The maximum atomic E-state index is 14.2. The van der Waals surface area contributed by atoms with Crippen molar-refractivity contribution in [1.29, 1.82) is 0 Å². The fourth-order valence-corrected chi connectivity index (χ4v) is 9.43. The van der Waals surface area contributed by atoms with Crippen molar-refractivity contribution >= 4 is 33.4 Å². The van der Waals surface area contributed by atoms with Gasteiger partial charge in [-0.25, -0.2) is 8.42 Å². The number of ether oxygens (including phenoxy) is 1. The van der Waals surface area contributed by atoms with Gasteiger partial charge in [-0.1, -0.05) is 49.6 Å². The van der Waals surface area contributed by atoms with Crippen molar-refractivity contribution < 1.29 is 28.0 Å². The second-order valence-corrected chi connectivity index (χ2v) is 16.0. The Morgan fingerprint density at radius 1 is 1.13 bits per heavy atom. The number of aliphatic hydroxyl groups is 1. The Balaban J connectivity index is 1.69. The van der Waals surface area contributed by atoms with E-state index in [0.29, 0.717) is 24.8 Å². The van der Waals surface area contributed by atoms with E-state index in [1.54, 1.807) is 0 Å². The maximum absolute atomic E-state index is 14.2. The lowest BCUT2D eigenvalue weighted by atomic mass is 9.72. The van der Waals surface area contributed by atoms with Gasteiger partial charge in [0.15, 0.2) is 4.90 Å². The number of hydrogen-bond donors (Lipinski definition) is 2. The van der Waals surface area contributed by atoms with E-state index < -0.39 is 56.0 Å². The molecule has 13 heteroatoms. The fourth-order valence-electron chi connectivity index (χ4n) is 6.50. The number of thioether (sulfide) groups is 1. The number of piperidine rings is 1. The second kappa shape index (κ2) is 15.4. The zero-order valence-electron chi connectivity index (χ0n) is 26.5. The Morgan fingerprint density at radius 2 is 1.78 bits per heavy atom. The lowest BCUT2D eigenvalue weighted by Crippen LogP contribution is -2.60. The predicted molar refractivity (Wildman–Crippen MR) is 174 cm³/mol. The molecule has 248 valence electrons. The van der Waals surface area contributed by atoms with E-state index in [1.165, 1.54) is 37.1 Å². The topological polar surface area (TPSA) is 142 Å². The summed E-state index contributed by atoms with van der Waals surface area (Å²) < 4.78 is 34.7. The Kier molecular flexibility index (Phi) is 12.1.